The number of aromatic nitrogens is 3. The average Bonchev–Trinajstić information content (AvgIpc) is 3.38. The van der Waals surface area contributed by atoms with Gasteiger partial charge in [-0.2, -0.15) is 5.10 Å². The molecule has 0 amide bonds. The molecule has 6 heteroatoms. The van der Waals surface area contributed by atoms with Gasteiger partial charge in [-0.25, -0.2) is 14.5 Å². The molecule has 0 radical (unpaired) electrons. The van der Waals surface area contributed by atoms with E-state index in [1.807, 2.05) is 41.4 Å². The average molecular weight is 424 g/mol. The molecule has 4 aromatic rings. The van der Waals surface area contributed by atoms with Crippen LogP contribution in [0.15, 0.2) is 94.8 Å². The summed E-state index contributed by atoms with van der Waals surface area (Å²) in [4.78, 5) is 12.9. The zero-order valence-corrected chi connectivity index (χ0v) is 18.2. The van der Waals surface area contributed by atoms with E-state index in [1.54, 1.807) is 11.6 Å². The summed E-state index contributed by atoms with van der Waals surface area (Å²) in [5.74, 6) is 0.644. The maximum atomic E-state index is 12.9. The van der Waals surface area contributed by atoms with Crippen LogP contribution in [0.5, 0.6) is 0 Å². The standard InChI is InChI=1S/C26H25N5O/c1-19-13-15-22(16-14-19)24-23(21-11-7-4-8-12-21)18-31(27-24)25-28-29(2)26(32)30(25)17-20-9-5-3-6-10-20/h3-16,23H,17-18H2,1-2H3. The summed E-state index contributed by atoms with van der Waals surface area (Å²) in [6, 6.07) is 28.8. The van der Waals surface area contributed by atoms with Crippen LogP contribution in [-0.2, 0) is 13.6 Å². The number of aryl methyl sites for hydroxylation is 2. The molecule has 5 rings (SSSR count). The Balaban J connectivity index is 1.58. The van der Waals surface area contributed by atoms with Crippen LogP contribution in [0.25, 0.3) is 0 Å². The molecule has 0 saturated heterocycles. The van der Waals surface area contributed by atoms with E-state index in [9.17, 15) is 4.79 Å². The molecule has 0 aliphatic carbocycles. The smallest absolute Gasteiger partial charge is 0.255 e. The lowest BCUT2D eigenvalue weighted by molar-refractivity contribution is 0.689. The molecule has 32 heavy (non-hydrogen) atoms. The summed E-state index contributed by atoms with van der Waals surface area (Å²) in [5.41, 5.74) is 5.37. The van der Waals surface area contributed by atoms with Crippen molar-refractivity contribution in [2.45, 2.75) is 19.4 Å². The Labute approximate surface area is 187 Å². The van der Waals surface area contributed by atoms with Gasteiger partial charge in [-0.15, -0.1) is 5.10 Å². The monoisotopic (exact) mass is 423 g/mol. The molecular weight excluding hydrogens is 398 g/mol. The summed E-state index contributed by atoms with van der Waals surface area (Å²) < 4.78 is 3.08. The number of hydrogen-bond acceptors (Lipinski definition) is 4. The Morgan fingerprint density at radius 2 is 1.56 bits per heavy atom. The molecule has 0 fully saturated rings. The van der Waals surface area contributed by atoms with Gasteiger partial charge in [-0.05, 0) is 23.6 Å². The first-order valence-electron chi connectivity index (χ1n) is 10.8. The molecule has 1 aliphatic rings. The van der Waals surface area contributed by atoms with E-state index < -0.39 is 0 Å². The van der Waals surface area contributed by atoms with Gasteiger partial charge in [0.15, 0.2) is 0 Å². The third kappa shape index (κ3) is 3.75. The van der Waals surface area contributed by atoms with Crippen molar-refractivity contribution in [1.82, 2.24) is 14.3 Å². The lowest BCUT2D eigenvalue weighted by Crippen LogP contribution is -2.26. The molecule has 6 nitrogen and oxygen atoms in total. The maximum absolute atomic E-state index is 12.9. The maximum Gasteiger partial charge on any atom is 0.347 e. The van der Waals surface area contributed by atoms with Gasteiger partial charge in [-0.1, -0.05) is 90.5 Å². The predicted molar refractivity (Wildman–Crippen MR) is 127 cm³/mol. The largest absolute Gasteiger partial charge is 0.347 e. The molecule has 3 aromatic carbocycles. The van der Waals surface area contributed by atoms with Crippen LogP contribution in [0, 0.1) is 6.92 Å². The summed E-state index contributed by atoms with van der Waals surface area (Å²) in [6.45, 7) is 3.15. The summed E-state index contributed by atoms with van der Waals surface area (Å²) >= 11 is 0. The van der Waals surface area contributed by atoms with Crippen LogP contribution in [0.1, 0.15) is 28.2 Å². The second-order valence-electron chi connectivity index (χ2n) is 8.17. The second kappa shape index (κ2) is 8.30. The molecule has 1 unspecified atom stereocenters. The Hall–Kier alpha value is -3.93. The van der Waals surface area contributed by atoms with Crippen molar-refractivity contribution in [3.05, 3.63) is 118 Å². The Bertz CT molecular complexity index is 1300. The van der Waals surface area contributed by atoms with E-state index >= 15 is 0 Å². The molecule has 0 bridgehead atoms. The predicted octanol–water partition coefficient (Wildman–Crippen LogP) is 3.95. The number of nitrogens with zero attached hydrogens (tertiary/aromatic N) is 5. The highest BCUT2D eigenvalue weighted by Gasteiger charge is 2.32. The first-order chi connectivity index (χ1) is 15.6. The lowest BCUT2D eigenvalue weighted by atomic mass is 9.90. The van der Waals surface area contributed by atoms with Gasteiger partial charge in [0.1, 0.15) is 0 Å². The van der Waals surface area contributed by atoms with Crippen molar-refractivity contribution in [2.75, 3.05) is 11.6 Å². The Morgan fingerprint density at radius 1 is 0.906 bits per heavy atom. The van der Waals surface area contributed by atoms with Crippen molar-refractivity contribution in [3.63, 3.8) is 0 Å². The number of hydrogen-bond donors (Lipinski definition) is 0. The summed E-state index contributed by atoms with van der Waals surface area (Å²) in [5, 5.41) is 11.4. The van der Waals surface area contributed by atoms with Gasteiger partial charge >= 0.3 is 5.69 Å². The highest BCUT2D eigenvalue weighted by atomic mass is 16.2. The first-order valence-corrected chi connectivity index (χ1v) is 10.8. The van der Waals surface area contributed by atoms with Gasteiger partial charge in [0, 0.05) is 13.0 Å². The Kier molecular flexibility index (Phi) is 5.19. The number of anilines is 1. The molecule has 0 N–H and O–H groups in total. The molecule has 0 saturated carbocycles. The summed E-state index contributed by atoms with van der Waals surface area (Å²) in [7, 11) is 1.68. The first kappa shape index (κ1) is 20.0. The molecule has 1 aliphatic heterocycles. The SMILES string of the molecule is Cc1ccc(C2=NN(c3nn(C)c(=O)n3Cc3ccccc3)CC2c2ccccc2)cc1. The number of benzene rings is 3. The minimum Gasteiger partial charge on any atom is -0.255 e. The summed E-state index contributed by atoms with van der Waals surface area (Å²) in [6.07, 6.45) is 0. The van der Waals surface area contributed by atoms with Crippen LogP contribution in [0.3, 0.4) is 0 Å². The van der Waals surface area contributed by atoms with Gasteiger partial charge in [0.05, 0.1) is 18.8 Å². The van der Waals surface area contributed by atoms with Gasteiger partial charge in [0.25, 0.3) is 0 Å². The zero-order chi connectivity index (χ0) is 22.1. The zero-order valence-electron chi connectivity index (χ0n) is 18.2. The molecular formula is C26H25N5O. The quantitative estimate of drug-likeness (QED) is 0.488. The van der Waals surface area contributed by atoms with E-state index in [0.29, 0.717) is 19.0 Å². The van der Waals surface area contributed by atoms with E-state index in [1.165, 1.54) is 15.8 Å². The third-order valence-electron chi connectivity index (χ3n) is 5.87. The van der Waals surface area contributed by atoms with Crippen LogP contribution in [0.4, 0.5) is 5.95 Å². The normalized spacial score (nSPS) is 15.8. The van der Waals surface area contributed by atoms with E-state index in [0.717, 1.165) is 16.8 Å². The van der Waals surface area contributed by atoms with Crippen LogP contribution in [0.2, 0.25) is 0 Å². The fourth-order valence-corrected chi connectivity index (χ4v) is 4.14. The topological polar surface area (TPSA) is 55.4 Å². The van der Waals surface area contributed by atoms with E-state index in [-0.39, 0.29) is 11.6 Å². The van der Waals surface area contributed by atoms with Gasteiger partial charge in [-0.3, -0.25) is 4.57 Å². The molecule has 2 heterocycles. The van der Waals surface area contributed by atoms with Crippen molar-refractivity contribution in [2.24, 2.45) is 12.1 Å². The minimum absolute atomic E-state index is 0.0844. The van der Waals surface area contributed by atoms with E-state index in [4.69, 9.17) is 5.10 Å². The fraction of sp³-hybridized carbons (Fsp3) is 0.192. The lowest BCUT2D eigenvalue weighted by Gasteiger charge is -2.16. The highest BCUT2D eigenvalue weighted by molar-refractivity contribution is 6.07. The molecule has 0 spiro atoms. The Morgan fingerprint density at radius 3 is 2.25 bits per heavy atom. The fourth-order valence-electron chi connectivity index (χ4n) is 4.14. The van der Waals surface area contributed by atoms with Gasteiger partial charge < -0.3 is 0 Å². The van der Waals surface area contributed by atoms with E-state index in [2.05, 4.69) is 60.6 Å². The number of rotatable bonds is 5. The number of hydrazone groups is 1. The highest BCUT2D eigenvalue weighted by Crippen LogP contribution is 2.31. The van der Waals surface area contributed by atoms with Crippen LogP contribution >= 0.6 is 0 Å². The van der Waals surface area contributed by atoms with Crippen molar-refractivity contribution >= 4 is 11.7 Å². The molecule has 1 atom stereocenters. The molecule has 160 valence electrons. The van der Waals surface area contributed by atoms with Gasteiger partial charge in [0.2, 0.25) is 5.95 Å². The van der Waals surface area contributed by atoms with Crippen LogP contribution in [-0.4, -0.2) is 26.6 Å². The minimum atomic E-state index is -0.154. The molecule has 1 aromatic heterocycles. The van der Waals surface area contributed by atoms with Crippen molar-refractivity contribution in [1.29, 1.82) is 0 Å². The van der Waals surface area contributed by atoms with Crippen molar-refractivity contribution < 1.29 is 0 Å². The van der Waals surface area contributed by atoms with Crippen molar-refractivity contribution in [3.8, 4) is 0 Å². The third-order valence-corrected chi connectivity index (χ3v) is 5.87. The second-order valence-corrected chi connectivity index (χ2v) is 8.17. The van der Waals surface area contributed by atoms with Crippen LogP contribution < -0.4 is 10.7 Å².